The average Bonchev–Trinajstić information content (AvgIpc) is 3.12. The van der Waals surface area contributed by atoms with E-state index in [9.17, 15) is 13.2 Å². The van der Waals surface area contributed by atoms with Crippen molar-refractivity contribution in [1.29, 1.82) is 0 Å². The number of aromatic nitrogens is 2. The van der Waals surface area contributed by atoms with Crippen molar-refractivity contribution in [3.63, 3.8) is 0 Å². The summed E-state index contributed by atoms with van der Waals surface area (Å²) in [6, 6.07) is 7.67. The fraction of sp³-hybridized carbons (Fsp3) is 0.444. The van der Waals surface area contributed by atoms with Gasteiger partial charge in [0.2, 0.25) is 5.91 Å². The summed E-state index contributed by atoms with van der Waals surface area (Å²) < 4.78 is 33.1. The smallest absolute Gasteiger partial charge is 0.262 e. The first kappa shape index (κ1) is 19.5. The van der Waals surface area contributed by atoms with E-state index in [1.807, 2.05) is 24.3 Å². The molecule has 3 rings (SSSR count). The van der Waals surface area contributed by atoms with Crippen molar-refractivity contribution >= 4 is 21.6 Å². The Hall–Kier alpha value is -2.23. The summed E-state index contributed by atoms with van der Waals surface area (Å²) in [4.78, 5) is 16.2. The number of imidazole rings is 1. The lowest BCUT2D eigenvalue weighted by atomic mass is 10.0. The number of anilines is 1. The zero-order valence-corrected chi connectivity index (χ0v) is 16.3. The molecule has 8 nitrogen and oxygen atoms in total. The molecule has 0 radical (unpaired) electrons. The SMILES string of the molecule is CC(C)c1ccc(NC(=O)Cn2cnc(S(=O)(=O)N3CCOCC3)c2)cc1. The van der Waals surface area contributed by atoms with Gasteiger partial charge >= 0.3 is 0 Å². The first-order valence-corrected chi connectivity index (χ1v) is 10.3. The van der Waals surface area contributed by atoms with Crippen LogP contribution in [0.1, 0.15) is 25.3 Å². The fourth-order valence-corrected chi connectivity index (χ4v) is 4.14. The number of nitrogens with zero attached hydrogens (tertiary/aromatic N) is 3. The van der Waals surface area contributed by atoms with E-state index in [1.165, 1.54) is 27.0 Å². The molecule has 146 valence electrons. The number of nitrogens with one attached hydrogen (secondary N) is 1. The molecule has 1 saturated heterocycles. The molecule has 1 amide bonds. The van der Waals surface area contributed by atoms with Crippen LogP contribution in [0.2, 0.25) is 0 Å². The summed E-state index contributed by atoms with van der Waals surface area (Å²) in [6.45, 7) is 5.56. The third-order valence-electron chi connectivity index (χ3n) is 4.37. The van der Waals surface area contributed by atoms with Crippen LogP contribution in [0.25, 0.3) is 0 Å². The van der Waals surface area contributed by atoms with Crippen molar-refractivity contribution in [2.45, 2.75) is 31.3 Å². The van der Waals surface area contributed by atoms with E-state index in [1.54, 1.807) is 0 Å². The van der Waals surface area contributed by atoms with Crippen LogP contribution in [0.5, 0.6) is 0 Å². The van der Waals surface area contributed by atoms with Crippen molar-refractivity contribution in [3.8, 4) is 0 Å². The number of rotatable bonds is 6. The zero-order chi connectivity index (χ0) is 19.4. The molecule has 0 bridgehead atoms. The number of morpholine rings is 1. The van der Waals surface area contributed by atoms with Gasteiger partial charge in [0.05, 0.1) is 19.5 Å². The molecule has 9 heteroatoms. The lowest BCUT2D eigenvalue weighted by Gasteiger charge is -2.24. The Kier molecular flexibility index (Phi) is 5.93. The van der Waals surface area contributed by atoms with Gasteiger partial charge in [-0.15, -0.1) is 0 Å². The van der Waals surface area contributed by atoms with Gasteiger partial charge in [0.1, 0.15) is 6.54 Å². The molecule has 0 aliphatic carbocycles. The molecule has 1 aromatic carbocycles. The number of ether oxygens (including phenoxy) is 1. The van der Waals surface area contributed by atoms with Gasteiger partial charge in [0.25, 0.3) is 10.0 Å². The zero-order valence-electron chi connectivity index (χ0n) is 15.5. The molecule has 1 aliphatic heterocycles. The molecular weight excluding hydrogens is 368 g/mol. The molecule has 0 unspecified atom stereocenters. The highest BCUT2D eigenvalue weighted by Gasteiger charge is 2.28. The maximum absolute atomic E-state index is 12.6. The standard InChI is InChI=1S/C18H24N4O4S/c1-14(2)15-3-5-16(6-4-15)20-17(23)11-21-12-18(19-13-21)27(24,25)22-7-9-26-10-8-22/h3-6,12-14H,7-11H2,1-2H3,(H,20,23). The maximum Gasteiger partial charge on any atom is 0.262 e. The van der Waals surface area contributed by atoms with Gasteiger partial charge in [0.15, 0.2) is 5.03 Å². The summed E-state index contributed by atoms with van der Waals surface area (Å²) in [6.07, 6.45) is 2.74. The van der Waals surface area contributed by atoms with Crippen LogP contribution < -0.4 is 5.32 Å². The Labute approximate surface area is 159 Å². The van der Waals surface area contributed by atoms with Crippen LogP contribution in [-0.2, 0) is 26.1 Å². The number of hydrogen-bond donors (Lipinski definition) is 1. The number of hydrogen-bond acceptors (Lipinski definition) is 5. The van der Waals surface area contributed by atoms with Crippen LogP contribution >= 0.6 is 0 Å². The van der Waals surface area contributed by atoms with Crippen LogP contribution in [0.15, 0.2) is 41.8 Å². The monoisotopic (exact) mass is 392 g/mol. The predicted octanol–water partition coefficient (Wildman–Crippen LogP) is 1.67. The Morgan fingerprint density at radius 1 is 1.22 bits per heavy atom. The summed E-state index contributed by atoms with van der Waals surface area (Å²) in [5.41, 5.74) is 1.89. The molecule has 1 N–H and O–H groups in total. The number of amides is 1. The molecule has 27 heavy (non-hydrogen) atoms. The van der Waals surface area contributed by atoms with Gasteiger partial charge < -0.3 is 14.6 Å². The normalized spacial score (nSPS) is 15.8. The second-order valence-corrected chi connectivity index (χ2v) is 8.61. The summed E-state index contributed by atoms with van der Waals surface area (Å²) in [5.74, 6) is 0.174. The summed E-state index contributed by atoms with van der Waals surface area (Å²) >= 11 is 0. The van der Waals surface area contributed by atoms with E-state index >= 15 is 0 Å². The lowest BCUT2D eigenvalue weighted by molar-refractivity contribution is -0.116. The largest absolute Gasteiger partial charge is 0.379 e. The van der Waals surface area contributed by atoms with E-state index in [-0.39, 0.29) is 17.5 Å². The molecule has 2 aromatic rings. The highest BCUT2D eigenvalue weighted by atomic mass is 32.2. The van der Waals surface area contributed by atoms with Gasteiger partial charge in [-0.05, 0) is 23.6 Å². The Balaban J connectivity index is 1.62. The number of sulfonamides is 1. The third-order valence-corrected chi connectivity index (χ3v) is 6.16. The van der Waals surface area contributed by atoms with Gasteiger partial charge in [-0.2, -0.15) is 4.31 Å². The molecule has 0 spiro atoms. The van der Waals surface area contributed by atoms with Gasteiger partial charge in [-0.25, -0.2) is 13.4 Å². The first-order valence-electron chi connectivity index (χ1n) is 8.86. The van der Waals surface area contributed by atoms with E-state index in [4.69, 9.17) is 4.74 Å². The Morgan fingerprint density at radius 2 is 1.89 bits per heavy atom. The van der Waals surface area contributed by atoms with E-state index in [2.05, 4.69) is 24.1 Å². The second kappa shape index (κ2) is 8.20. The fourth-order valence-electron chi connectivity index (χ4n) is 2.80. The van der Waals surface area contributed by atoms with Crippen LogP contribution in [0.4, 0.5) is 5.69 Å². The predicted molar refractivity (Wildman–Crippen MR) is 101 cm³/mol. The van der Waals surface area contributed by atoms with Crippen molar-refractivity contribution in [3.05, 3.63) is 42.4 Å². The quantitative estimate of drug-likeness (QED) is 0.807. The summed E-state index contributed by atoms with van der Waals surface area (Å²) in [5, 5.41) is 2.75. The van der Waals surface area contributed by atoms with E-state index in [0.29, 0.717) is 37.9 Å². The second-order valence-electron chi connectivity index (χ2n) is 6.73. The Bertz CT molecular complexity index is 884. The highest BCUT2D eigenvalue weighted by molar-refractivity contribution is 7.89. The molecule has 1 fully saturated rings. The van der Waals surface area contributed by atoms with Crippen molar-refractivity contribution in [1.82, 2.24) is 13.9 Å². The molecule has 0 atom stereocenters. The number of benzene rings is 1. The average molecular weight is 392 g/mol. The van der Waals surface area contributed by atoms with Crippen LogP contribution in [-0.4, -0.2) is 54.5 Å². The molecule has 0 saturated carbocycles. The van der Waals surface area contributed by atoms with Crippen molar-refractivity contribution in [2.24, 2.45) is 0 Å². The first-order chi connectivity index (χ1) is 12.9. The van der Waals surface area contributed by atoms with Crippen molar-refractivity contribution < 1.29 is 17.9 Å². The van der Waals surface area contributed by atoms with Crippen LogP contribution in [0.3, 0.4) is 0 Å². The molecule has 2 heterocycles. The number of carbonyl (C=O) groups is 1. The maximum atomic E-state index is 12.6. The lowest BCUT2D eigenvalue weighted by Crippen LogP contribution is -2.40. The van der Waals surface area contributed by atoms with Crippen LogP contribution in [0, 0.1) is 0 Å². The minimum absolute atomic E-state index is 0.0163. The Morgan fingerprint density at radius 3 is 2.52 bits per heavy atom. The summed E-state index contributed by atoms with van der Waals surface area (Å²) in [7, 11) is -3.66. The van der Waals surface area contributed by atoms with Crippen molar-refractivity contribution in [2.75, 3.05) is 31.6 Å². The highest BCUT2D eigenvalue weighted by Crippen LogP contribution is 2.18. The third kappa shape index (κ3) is 4.74. The van der Waals surface area contributed by atoms with Gasteiger partial charge in [0, 0.05) is 25.0 Å². The minimum atomic E-state index is -3.66. The minimum Gasteiger partial charge on any atom is -0.379 e. The molecule has 1 aromatic heterocycles. The van der Waals surface area contributed by atoms with E-state index < -0.39 is 10.0 Å². The van der Waals surface area contributed by atoms with Gasteiger partial charge in [-0.1, -0.05) is 26.0 Å². The molecule has 1 aliphatic rings. The number of carbonyl (C=O) groups excluding carboxylic acids is 1. The van der Waals surface area contributed by atoms with Gasteiger partial charge in [-0.3, -0.25) is 4.79 Å². The van der Waals surface area contributed by atoms with E-state index in [0.717, 1.165) is 0 Å². The molecular formula is C18H24N4O4S. The topological polar surface area (TPSA) is 93.5 Å².